The van der Waals surface area contributed by atoms with Gasteiger partial charge < -0.3 is 4.90 Å². The quantitative estimate of drug-likeness (QED) is 0.117. The lowest BCUT2D eigenvalue weighted by molar-refractivity contribution is 1.28. The molecule has 13 aromatic carbocycles. The van der Waals surface area contributed by atoms with Crippen molar-refractivity contribution < 1.29 is 0 Å². The Kier molecular flexibility index (Phi) is 12.9. The van der Waals surface area contributed by atoms with Gasteiger partial charge in [0.2, 0.25) is 0 Å². The number of hydrogen-bond donors (Lipinski definition) is 0. The zero-order valence-electron chi connectivity index (χ0n) is 45.1. The van der Waals surface area contributed by atoms with Crippen molar-refractivity contribution in [1.82, 2.24) is 0 Å². The van der Waals surface area contributed by atoms with Crippen LogP contribution in [-0.4, -0.2) is 0 Å². The molecule has 13 rings (SSSR count). The third-order valence-electron chi connectivity index (χ3n) is 15.9. The third-order valence-corrected chi connectivity index (χ3v) is 15.9. The van der Waals surface area contributed by atoms with Crippen molar-refractivity contribution in [3.63, 3.8) is 0 Å². The molecule has 0 saturated carbocycles. The van der Waals surface area contributed by atoms with Crippen molar-refractivity contribution in [2.45, 2.75) is 27.7 Å². The fourth-order valence-electron chi connectivity index (χ4n) is 11.6. The Hall–Kier alpha value is -9.82. The highest BCUT2D eigenvalue weighted by Gasteiger charge is 2.19. The molecule has 0 atom stereocenters. The van der Waals surface area contributed by atoms with Crippen LogP contribution < -0.4 is 4.90 Å². The molecule has 376 valence electrons. The maximum absolute atomic E-state index is 2.41. The van der Waals surface area contributed by atoms with Gasteiger partial charge in [-0.1, -0.05) is 236 Å². The first-order valence-electron chi connectivity index (χ1n) is 27.5. The van der Waals surface area contributed by atoms with Crippen LogP contribution in [0.2, 0.25) is 0 Å². The molecule has 0 radical (unpaired) electrons. The summed E-state index contributed by atoms with van der Waals surface area (Å²) in [5, 5.41) is 5.01. The summed E-state index contributed by atoms with van der Waals surface area (Å²) in [6.45, 7) is 8.69. The van der Waals surface area contributed by atoms with Gasteiger partial charge in [0.15, 0.2) is 0 Å². The van der Waals surface area contributed by atoms with Crippen LogP contribution in [0.5, 0.6) is 0 Å². The minimum Gasteiger partial charge on any atom is -0.311 e. The topological polar surface area (TPSA) is 3.24 Å². The summed E-state index contributed by atoms with van der Waals surface area (Å²) in [6, 6.07) is 105. The van der Waals surface area contributed by atoms with Crippen LogP contribution in [0.1, 0.15) is 22.3 Å². The zero-order valence-corrected chi connectivity index (χ0v) is 45.1. The zero-order chi connectivity index (χ0) is 53.4. The number of nitrogens with zero attached hydrogens (tertiary/aromatic N) is 1. The van der Waals surface area contributed by atoms with Crippen molar-refractivity contribution in [2.75, 3.05) is 4.90 Å². The first kappa shape index (κ1) is 48.8. The lowest BCUT2D eigenvalue weighted by Gasteiger charge is -2.26. The van der Waals surface area contributed by atoms with Gasteiger partial charge in [-0.25, -0.2) is 0 Å². The minimum absolute atomic E-state index is 1.08. The van der Waals surface area contributed by atoms with Crippen LogP contribution in [0.25, 0.3) is 111 Å². The Morgan fingerprint density at radius 1 is 0.203 bits per heavy atom. The molecule has 0 bridgehead atoms. The van der Waals surface area contributed by atoms with Crippen LogP contribution in [0, 0.1) is 27.7 Å². The van der Waals surface area contributed by atoms with Gasteiger partial charge in [0.25, 0.3) is 0 Å². The van der Waals surface area contributed by atoms with Crippen LogP contribution >= 0.6 is 0 Å². The van der Waals surface area contributed by atoms with E-state index >= 15 is 0 Å². The summed E-state index contributed by atoms with van der Waals surface area (Å²) in [6.07, 6.45) is 0. The summed E-state index contributed by atoms with van der Waals surface area (Å²) < 4.78 is 0. The first-order valence-corrected chi connectivity index (χ1v) is 27.5. The van der Waals surface area contributed by atoms with Crippen LogP contribution in [0.3, 0.4) is 0 Å². The monoisotopic (exact) mass is 1010 g/mol. The summed E-state index contributed by atoms with van der Waals surface area (Å²) in [5.74, 6) is 0. The molecule has 0 fully saturated rings. The smallest absolute Gasteiger partial charge is 0.0462 e. The second-order valence-corrected chi connectivity index (χ2v) is 21.1. The van der Waals surface area contributed by atoms with E-state index in [1.165, 1.54) is 127 Å². The number of aryl methyl sites for hydroxylation is 4. The lowest BCUT2D eigenvalue weighted by Crippen LogP contribution is -2.09. The highest BCUT2D eigenvalue weighted by Crippen LogP contribution is 2.46. The molecule has 0 aliphatic carbocycles. The van der Waals surface area contributed by atoms with Crippen LogP contribution in [-0.2, 0) is 0 Å². The van der Waals surface area contributed by atoms with Crippen molar-refractivity contribution in [3.05, 3.63) is 307 Å². The van der Waals surface area contributed by atoms with E-state index in [2.05, 4.69) is 318 Å². The molecule has 0 heterocycles. The van der Waals surface area contributed by atoms with E-state index in [1.807, 2.05) is 0 Å². The van der Waals surface area contributed by atoms with Gasteiger partial charge in [-0.05, 0) is 210 Å². The van der Waals surface area contributed by atoms with Crippen LogP contribution in [0.4, 0.5) is 17.1 Å². The van der Waals surface area contributed by atoms with Crippen molar-refractivity contribution >= 4 is 38.6 Å². The summed E-state index contributed by atoms with van der Waals surface area (Å²) in [5.41, 5.74) is 27.7. The largest absolute Gasteiger partial charge is 0.311 e. The van der Waals surface area contributed by atoms with Crippen LogP contribution in [0.15, 0.2) is 285 Å². The van der Waals surface area contributed by atoms with E-state index in [0.29, 0.717) is 0 Å². The molecule has 0 aliphatic rings. The summed E-state index contributed by atoms with van der Waals surface area (Å²) >= 11 is 0. The Morgan fingerprint density at radius 2 is 0.519 bits per heavy atom. The SMILES string of the molecule is Cc1ccc(-c2ccc(C)c(-c3ccc(N(c4ccc(-c5cccc(-c6ccc7c(-c8ccccc8)c8ccccc8c(-c8ccccc8)c7c6)c5)cc4)c4ccc(-c5cc(-c6ccc(C)cc6)ccc5C)cc4)cc3)c2)cc1. The van der Waals surface area contributed by atoms with Crippen molar-refractivity contribution in [2.24, 2.45) is 0 Å². The Labute approximate surface area is 465 Å². The third kappa shape index (κ3) is 9.62. The summed E-state index contributed by atoms with van der Waals surface area (Å²) in [4.78, 5) is 2.38. The van der Waals surface area contributed by atoms with Gasteiger partial charge in [-0.3, -0.25) is 0 Å². The molecular weight excluding hydrogens is 951 g/mol. The van der Waals surface area contributed by atoms with Crippen molar-refractivity contribution in [3.8, 4) is 89.0 Å². The van der Waals surface area contributed by atoms with E-state index in [9.17, 15) is 0 Å². The van der Waals surface area contributed by atoms with E-state index in [1.54, 1.807) is 0 Å². The van der Waals surface area contributed by atoms with Gasteiger partial charge in [0.05, 0.1) is 0 Å². The molecule has 0 saturated heterocycles. The fraction of sp³-hybridized carbons (Fsp3) is 0.0513. The van der Waals surface area contributed by atoms with Gasteiger partial charge >= 0.3 is 0 Å². The molecule has 79 heavy (non-hydrogen) atoms. The second-order valence-electron chi connectivity index (χ2n) is 21.1. The van der Waals surface area contributed by atoms with Gasteiger partial charge in [-0.2, -0.15) is 0 Å². The molecule has 1 nitrogen and oxygen atoms in total. The number of fused-ring (bicyclic) bond motifs is 2. The molecular formula is C78H59N. The van der Waals surface area contributed by atoms with Crippen molar-refractivity contribution in [1.29, 1.82) is 0 Å². The second kappa shape index (κ2) is 21.0. The van der Waals surface area contributed by atoms with Gasteiger partial charge in [0.1, 0.15) is 0 Å². The number of rotatable bonds is 11. The molecule has 1 heteroatoms. The molecule has 0 amide bonds. The van der Waals surface area contributed by atoms with E-state index in [0.717, 1.165) is 22.6 Å². The number of hydrogen-bond acceptors (Lipinski definition) is 1. The van der Waals surface area contributed by atoms with Gasteiger partial charge in [-0.15, -0.1) is 0 Å². The predicted molar refractivity (Wildman–Crippen MR) is 339 cm³/mol. The van der Waals surface area contributed by atoms with E-state index < -0.39 is 0 Å². The predicted octanol–water partition coefficient (Wildman–Crippen LogP) is 22.0. The maximum atomic E-state index is 2.41. The lowest BCUT2D eigenvalue weighted by atomic mass is 9.85. The van der Waals surface area contributed by atoms with E-state index in [4.69, 9.17) is 0 Å². The molecule has 0 aromatic heterocycles. The highest BCUT2D eigenvalue weighted by atomic mass is 15.1. The maximum Gasteiger partial charge on any atom is 0.0462 e. The Morgan fingerprint density at radius 3 is 0.975 bits per heavy atom. The van der Waals surface area contributed by atoms with E-state index in [-0.39, 0.29) is 0 Å². The van der Waals surface area contributed by atoms with Gasteiger partial charge in [0, 0.05) is 17.1 Å². The number of benzene rings is 13. The summed E-state index contributed by atoms with van der Waals surface area (Å²) in [7, 11) is 0. The number of anilines is 3. The highest BCUT2D eigenvalue weighted by molar-refractivity contribution is 6.22. The molecule has 0 aliphatic heterocycles. The standard InChI is InChI=1S/C78H59N/c1-52-22-28-56(29-23-52)65-32-26-54(3)74(49-65)59-36-43-69(44-37-59)79(70-45-38-60(39-46-70)75-50-66(33-27-55(75)4)57-30-24-53(2)25-31-57)68-41-34-58(35-42-68)63-18-13-19-64(48-63)67-40-47-73-76(51-67)78(62-16-9-6-10-17-62)72-21-12-11-20-71(72)77(73)61-14-7-5-8-15-61/h5-51H,1-4H3. The Bertz CT molecular complexity index is 4190. The first-order chi connectivity index (χ1) is 38.8. The normalized spacial score (nSPS) is 11.3. The molecule has 13 aromatic rings. The minimum atomic E-state index is 1.08. The average Bonchev–Trinajstić information content (AvgIpc) is 3.69. The fourth-order valence-corrected chi connectivity index (χ4v) is 11.6. The average molecular weight is 1010 g/mol. The Balaban J connectivity index is 0.870. The molecule has 0 unspecified atom stereocenters. The molecule has 0 N–H and O–H groups in total. The molecule has 0 spiro atoms.